The van der Waals surface area contributed by atoms with Crippen LogP contribution in [0.1, 0.15) is 24.7 Å². The normalized spacial score (nSPS) is 12.9. The summed E-state index contributed by atoms with van der Waals surface area (Å²) in [5, 5.41) is -0.669. The fourth-order valence-electron chi connectivity index (χ4n) is 2.11. The van der Waals surface area contributed by atoms with Gasteiger partial charge in [-0.2, -0.15) is 0 Å². The van der Waals surface area contributed by atoms with Crippen LogP contribution >= 0.6 is 0 Å². The van der Waals surface area contributed by atoms with Gasteiger partial charge in [0.1, 0.15) is 5.75 Å². The van der Waals surface area contributed by atoms with Crippen LogP contribution in [0.4, 0.5) is 5.69 Å². The summed E-state index contributed by atoms with van der Waals surface area (Å²) >= 11 is 0. The van der Waals surface area contributed by atoms with Crippen molar-refractivity contribution in [3.63, 3.8) is 0 Å². The first-order valence-corrected chi connectivity index (χ1v) is 8.32. The highest BCUT2D eigenvalue weighted by Crippen LogP contribution is 2.33. The molecule has 2 aromatic carbocycles. The zero-order chi connectivity index (χ0) is 15.5. The summed E-state index contributed by atoms with van der Waals surface area (Å²) in [6.45, 7) is 3.98. The molecule has 2 aromatic rings. The molecule has 112 valence electrons. The second kappa shape index (κ2) is 6.18. The zero-order valence-electron chi connectivity index (χ0n) is 12.1. The molecule has 0 fully saturated rings. The zero-order valence-corrected chi connectivity index (χ0v) is 12.9. The number of hydrogen-bond donors (Lipinski definition) is 1. The van der Waals surface area contributed by atoms with Crippen LogP contribution in [0.3, 0.4) is 0 Å². The predicted octanol–water partition coefficient (Wildman–Crippen LogP) is 3.20. The van der Waals surface area contributed by atoms with Crippen molar-refractivity contribution in [2.75, 3.05) is 12.3 Å². The number of nitrogen functional groups attached to an aromatic ring is 1. The van der Waals surface area contributed by atoms with E-state index in [1.165, 1.54) is 6.07 Å². The summed E-state index contributed by atoms with van der Waals surface area (Å²) in [5.74, 6) is 0.505. The summed E-state index contributed by atoms with van der Waals surface area (Å²) in [7, 11) is -3.57. The Balaban J connectivity index is 2.46. The van der Waals surface area contributed by atoms with Crippen LogP contribution in [0.2, 0.25) is 0 Å². The van der Waals surface area contributed by atoms with Gasteiger partial charge < -0.3 is 10.5 Å². The molecule has 5 heteroatoms. The van der Waals surface area contributed by atoms with Gasteiger partial charge in [-0.15, -0.1) is 0 Å². The van der Waals surface area contributed by atoms with Crippen molar-refractivity contribution < 1.29 is 13.2 Å². The van der Waals surface area contributed by atoms with Crippen molar-refractivity contribution in [2.24, 2.45) is 0 Å². The van der Waals surface area contributed by atoms with E-state index in [9.17, 15) is 8.42 Å². The molecule has 2 rings (SSSR count). The molecule has 0 amide bonds. The first-order chi connectivity index (χ1) is 9.96. The quantitative estimate of drug-likeness (QED) is 0.861. The van der Waals surface area contributed by atoms with Crippen LogP contribution in [0.25, 0.3) is 0 Å². The van der Waals surface area contributed by atoms with Crippen LogP contribution in [0.15, 0.2) is 53.4 Å². The van der Waals surface area contributed by atoms with E-state index < -0.39 is 15.1 Å². The van der Waals surface area contributed by atoms with Gasteiger partial charge in [0.25, 0.3) is 0 Å². The number of benzene rings is 2. The summed E-state index contributed by atoms with van der Waals surface area (Å²) < 4.78 is 30.9. The molecule has 0 saturated heterocycles. The molecule has 0 heterocycles. The number of rotatable bonds is 5. The van der Waals surface area contributed by atoms with Crippen molar-refractivity contribution in [3.8, 4) is 5.75 Å². The lowest BCUT2D eigenvalue weighted by atomic mass is 10.2. The number of nitrogens with two attached hydrogens (primary N) is 1. The van der Waals surface area contributed by atoms with Gasteiger partial charge in [0.2, 0.25) is 0 Å². The van der Waals surface area contributed by atoms with Crippen LogP contribution in [0, 0.1) is 0 Å². The van der Waals surface area contributed by atoms with Crippen molar-refractivity contribution in [1.29, 1.82) is 0 Å². The molecule has 0 radical (unpaired) electrons. The van der Waals surface area contributed by atoms with Gasteiger partial charge in [0, 0.05) is 6.07 Å². The third kappa shape index (κ3) is 3.19. The minimum absolute atomic E-state index is 0.116. The number of ether oxygens (including phenoxy) is 1. The van der Waals surface area contributed by atoms with E-state index in [0.29, 0.717) is 12.4 Å². The number of hydrogen-bond acceptors (Lipinski definition) is 4. The molecule has 0 bridgehead atoms. The summed E-state index contributed by atoms with van der Waals surface area (Å²) in [4.78, 5) is 0.116. The van der Waals surface area contributed by atoms with Crippen LogP contribution in [-0.4, -0.2) is 15.0 Å². The molecule has 0 saturated carbocycles. The Morgan fingerprint density at radius 1 is 1.14 bits per heavy atom. The van der Waals surface area contributed by atoms with Crippen LogP contribution < -0.4 is 10.5 Å². The van der Waals surface area contributed by atoms with Gasteiger partial charge in [0.15, 0.2) is 9.84 Å². The van der Waals surface area contributed by atoms with E-state index in [4.69, 9.17) is 10.5 Å². The van der Waals surface area contributed by atoms with Crippen molar-refractivity contribution >= 4 is 15.5 Å². The van der Waals surface area contributed by atoms with Crippen LogP contribution in [0.5, 0.6) is 5.75 Å². The van der Waals surface area contributed by atoms with E-state index >= 15 is 0 Å². The number of sulfone groups is 1. The van der Waals surface area contributed by atoms with Crippen molar-refractivity contribution in [1.82, 2.24) is 0 Å². The maximum atomic E-state index is 12.8. The van der Waals surface area contributed by atoms with E-state index in [1.54, 1.807) is 31.2 Å². The van der Waals surface area contributed by atoms with Crippen molar-refractivity contribution in [3.05, 3.63) is 54.1 Å². The Morgan fingerprint density at radius 2 is 1.81 bits per heavy atom. The first-order valence-electron chi connectivity index (χ1n) is 6.78. The minimum Gasteiger partial charge on any atom is -0.494 e. The molecule has 0 aliphatic heterocycles. The molecule has 0 spiro atoms. The highest BCUT2D eigenvalue weighted by atomic mass is 32.2. The summed E-state index contributed by atoms with van der Waals surface area (Å²) in [6, 6.07) is 13.8. The average Bonchev–Trinajstić information content (AvgIpc) is 2.49. The Bertz CT molecular complexity index is 712. The Labute approximate surface area is 125 Å². The average molecular weight is 305 g/mol. The topological polar surface area (TPSA) is 69.4 Å². The fraction of sp³-hybridized carbons (Fsp3) is 0.250. The molecule has 2 N–H and O–H groups in total. The van der Waals surface area contributed by atoms with Crippen LogP contribution in [-0.2, 0) is 9.84 Å². The molecule has 4 nitrogen and oxygen atoms in total. The lowest BCUT2D eigenvalue weighted by Gasteiger charge is -2.16. The predicted molar refractivity (Wildman–Crippen MR) is 84.1 cm³/mol. The molecule has 1 unspecified atom stereocenters. The van der Waals surface area contributed by atoms with E-state index in [-0.39, 0.29) is 10.6 Å². The Morgan fingerprint density at radius 3 is 2.43 bits per heavy atom. The van der Waals surface area contributed by atoms with Gasteiger partial charge in [-0.25, -0.2) is 8.42 Å². The third-order valence-corrected chi connectivity index (χ3v) is 5.51. The molecule has 1 atom stereocenters. The summed E-state index contributed by atoms with van der Waals surface area (Å²) in [5.41, 5.74) is 6.83. The lowest BCUT2D eigenvalue weighted by molar-refractivity contribution is 0.339. The highest BCUT2D eigenvalue weighted by Gasteiger charge is 2.27. The second-order valence-corrected chi connectivity index (χ2v) is 6.97. The highest BCUT2D eigenvalue weighted by molar-refractivity contribution is 7.91. The van der Waals surface area contributed by atoms with Crippen molar-refractivity contribution in [2.45, 2.75) is 24.0 Å². The monoisotopic (exact) mass is 305 g/mol. The van der Waals surface area contributed by atoms with E-state index in [1.807, 2.05) is 25.1 Å². The molecule has 21 heavy (non-hydrogen) atoms. The van der Waals surface area contributed by atoms with Gasteiger partial charge >= 0.3 is 0 Å². The van der Waals surface area contributed by atoms with E-state index in [2.05, 4.69) is 0 Å². The third-order valence-electron chi connectivity index (χ3n) is 3.34. The van der Waals surface area contributed by atoms with E-state index in [0.717, 1.165) is 5.56 Å². The number of anilines is 1. The molecule has 0 aliphatic rings. The first kappa shape index (κ1) is 15.4. The van der Waals surface area contributed by atoms with Gasteiger partial charge in [0.05, 0.1) is 22.4 Å². The molecule has 0 aliphatic carbocycles. The maximum Gasteiger partial charge on any atom is 0.187 e. The molecule has 0 aromatic heterocycles. The largest absolute Gasteiger partial charge is 0.494 e. The van der Waals surface area contributed by atoms with Gasteiger partial charge in [-0.05, 0) is 31.5 Å². The lowest BCUT2D eigenvalue weighted by Crippen LogP contribution is -2.13. The smallest absolute Gasteiger partial charge is 0.187 e. The fourth-order valence-corrected chi connectivity index (χ4v) is 3.68. The Hall–Kier alpha value is -2.01. The molecular formula is C16H19NO3S. The van der Waals surface area contributed by atoms with Gasteiger partial charge in [-0.1, -0.05) is 30.3 Å². The second-order valence-electron chi connectivity index (χ2n) is 4.73. The Kier molecular flexibility index (Phi) is 4.53. The SMILES string of the molecule is CCOc1ccc(N)c(S(=O)(=O)C(C)c2ccccc2)c1. The minimum atomic E-state index is -3.57. The molecular weight excluding hydrogens is 286 g/mol. The van der Waals surface area contributed by atoms with Gasteiger partial charge in [-0.3, -0.25) is 0 Å². The summed E-state index contributed by atoms with van der Waals surface area (Å²) in [6.07, 6.45) is 0. The maximum absolute atomic E-state index is 12.8. The standard InChI is InChI=1S/C16H19NO3S/c1-3-20-14-9-10-15(17)16(11-14)21(18,19)12(2)13-7-5-4-6-8-13/h4-12H,3,17H2,1-2H3.